The summed E-state index contributed by atoms with van der Waals surface area (Å²) in [7, 11) is -3.96. The van der Waals surface area contributed by atoms with Gasteiger partial charge in [0.25, 0.3) is 15.9 Å². The molecule has 4 rings (SSSR count). The number of hydrogen-bond donors (Lipinski definition) is 1. The van der Waals surface area contributed by atoms with E-state index in [2.05, 4.69) is 11.6 Å². The molecular weight excluding hydrogens is 483 g/mol. The lowest BCUT2D eigenvalue weighted by molar-refractivity contribution is 0.0495. The van der Waals surface area contributed by atoms with E-state index in [-0.39, 0.29) is 22.1 Å². The lowest BCUT2D eigenvalue weighted by Crippen LogP contribution is -2.49. The van der Waals surface area contributed by atoms with Crippen LogP contribution in [0.25, 0.3) is 0 Å². The lowest BCUT2D eigenvalue weighted by Gasteiger charge is -2.39. The molecule has 0 spiro atoms. The molecule has 3 aromatic rings. The van der Waals surface area contributed by atoms with Crippen molar-refractivity contribution in [3.63, 3.8) is 0 Å². The van der Waals surface area contributed by atoms with E-state index >= 15 is 0 Å². The number of carbonyl (C=O) groups excluding carboxylic acids is 1. The highest BCUT2D eigenvalue weighted by atomic mass is 35.5. The van der Waals surface area contributed by atoms with Crippen molar-refractivity contribution in [2.75, 3.05) is 17.8 Å². The first-order valence-corrected chi connectivity index (χ1v) is 12.6. The number of para-hydroxylation sites is 1. The Morgan fingerprint density at radius 1 is 1.06 bits per heavy atom. The predicted molar refractivity (Wildman–Crippen MR) is 130 cm³/mol. The largest absolute Gasteiger partial charge is 0.456 e. The molecule has 3 aromatic carbocycles. The molecule has 1 heterocycles. The molecule has 0 aliphatic carbocycles. The maximum absolute atomic E-state index is 13.0. The van der Waals surface area contributed by atoms with Gasteiger partial charge in [0.15, 0.2) is 0 Å². The summed E-state index contributed by atoms with van der Waals surface area (Å²) in [4.78, 5) is 14.7. The van der Waals surface area contributed by atoms with E-state index in [1.807, 2.05) is 0 Å². The first kappa shape index (κ1) is 23.4. The number of anilines is 1. The second-order valence-electron chi connectivity index (χ2n) is 7.78. The zero-order valence-electron chi connectivity index (χ0n) is 17.8. The highest BCUT2D eigenvalue weighted by molar-refractivity contribution is 7.92. The highest BCUT2D eigenvalue weighted by Gasteiger charge is 2.31. The molecular formula is C24H22Cl2N2O4S. The third-order valence-electron chi connectivity index (χ3n) is 5.48. The van der Waals surface area contributed by atoms with E-state index in [0.717, 1.165) is 6.42 Å². The van der Waals surface area contributed by atoms with E-state index in [4.69, 9.17) is 27.9 Å². The average molecular weight is 505 g/mol. The van der Waals surface area contributed by atoms with Crippen LogP contribution in [0.4, 0.5) is 5.69 Å². The van der Waals surface area contributed by atoms with E-state index in [1.54, 1.807) is 35.2 Å². The summed E-state index contributed by atoms with van der Waals surface area (Å²) >= 11 is 12.2. The number of benzene rings is 3. The number of carbonyl (C=O) groups is 1. The van der Waals surface area contributed by atoms with Gasteiger partial charge < -0.3 is 9.64 Å². The Hall–Kier alpha value is -2.74. The summed E-state index contributed by atoms with van der Waals surface area (Å²) in [6.45, 7) is 3.39. The number of ether oxygens (including phenoxy) is 1. The zero-order valence-corrected chi connectivity index (χ0v) is 20.1. The number of sulfonamides is 1. The number of rotatable bonds is 7. The molecule has 0 saturated carbocycles. The molecule has 1 N–H and O–H groups in total. The summed E-state index contributed by atoms with van der Waals surface area (Å²) in [5, 5.41) is 0.804. The van der Waals surface area contributed by atoms with Gasteiger partial charge in [-0.15, -0.1) is 0 Å². The van der Waals surface area contributed by atoms with Gasteiger partial charge in [0.2, 0.25) is 0 Å². The van der Waals surface area contributed by atoms with Crippen LogP contribution in [0, 0.1) is 5.92 Å². The Morgan fingerprint density at radius 2 is 1.76 bits per heavy atom. The molecule has 33 heavy (non-hydrogen) atoms. The molecule has 0 radical (unpaired) electrons. The second kappa shape index (κ2) is 9.63. The predicted octanol–water partition coefficient (Wildman–Crippen LogP) is 6.07. The topological polar surface area (TPSA) is 75.7 Å². The normalized spacial score (nSPS) is 14.0. The zero-order chi connectivity index (χ0) is 23.6. The van der Waals surface area contributed by atoms with Gasteiger partial charge in [-0.05, 0) is 66.9 Å². The van der Waals surface area contributed by atoms with Gasteiger partial charge in [-0.1, -0.05) is 42.3 Å². The summed E-state index contributed by atoms with van der Waals surface area (Å²) in [6, 6.07) is 17.5. The quantitative estimate of drug-likeness (QED) is 0.423. The van der Waals surface area contributed by atoms with Gasteiger partial charge in [-0.25, -0.2) is 8.42 Å². The van der Waals surface area contributed by atoms with Crippen molar-refractivity contribution in [1.82, 2.24) is 4.90 Å². The van der Waals surface area contributed by atoms with Crippen molar-refractivity contribution in [2.24, 2.45) is 5.92 Å². The van der Waals surface area contributed by atoms with Gasteiger partial charge >= 0.3 is 0 Å². The Balaban J connectivity index is 1.53. The van der Waals surface area contributed by atoms with Crippen molar-refractivity contribution in [3.05, 3.63) is 82.3 Å². The average Bonchev–Trinajstić information content (AvgIpc) is 2.76. The number of nitrogens with zero attached hydrogens (tertiary/aromatic N) is 1. The maximum atomic E-state index is 13.0. The molecule has 9 heteroatoms. The monoisotopic (exact) mass is 504 g/mol. The summed E-state index contributed by atoms with van der Waals surface area (Å²) in [6.07, 6.45) is 0.995. The molecule has 0 aromatic heterocycles. The van der Waals surface area contributed by atoms with Crippen molar-refractivity contribution in [3.8, 4) is 11.5 Å². The van der Waals surface area contributed by atoms with Crippen LogP contribution in [0.3, 0.4) is 0 Å². The van der Waals surface area contributed by atoms with Crippen LogP contribution in [0.5, 0.6) is 11.5 Å². The van der Waals surface area contributed by atoms with Gasteiger partial charge in [-0.2, -0.15) is 0 Å². The van der Waals surface area contributed by atoms with Crippen molar-refractivity contribution in [2.45, 2.75) is 18.2 Å². The Kier molecular flexibility index (Phi) is 6.83. The number of halogens is 2. The van der Waals surface area contributed by atoms with Crippen LogP contribution in [-0.2, 0) is 10.0 Å². The van der Waals surface area contributed by atoms with Crippen LogP contribution < -0.4 is 9.46 Å². The fourth-order valence-electron chi connectivity index (χ4n) is 3.49. The second-order valence-corrected chi connectivity index (χ2v) is 10.3. The SMILES string of the molecule is CCC1CN(C(=O)c2cc(Cl)ccc2NS(=O)(=O)c2ccc(Oc3ccccc3Cl)cc2)C1. The van der Waals surface area contributed by atoms with E-state index < -0.39 is 10.0 Å². The van der Waals surface area contributed by atoms with E-state index in [0.29, 0.717) is 40.6 Å². The van der Waals surface area contributed by atoms with Gasteiger partial charge in [0.05, 0.1) is 21.2 Å². The summed E-state index contributed by atoms with van der Waals surface area (Å²) in [5.74, 6) is 1.13. The highest BCUT2D eigenvalue weighted by Crippen LogP contribution is 2.31. The molecule has 1 aliphatic heterocycles. The molecule has 0 unspecified atom stereocenters. The van der Waals surface area contributed by atoms with Crippen molar-refractivity contribution >= 4 is 44.8 Å². The molecule has 6 nitrogen and oxygen atoms in total. The first-order chi connectivity index (χ1) is 15.8. The van der Waals surface area contributed by atoms with Crippen LogP contribution >= 0.6 is 23.2 Å². The maximum Gasteiger partial charge on any atom is 0.261 e. The Morgan fingerprint density at radius 3 is 2.42 bits per heavy atom. The van der Waals surface area contributed by atoms with Gasteiger partial charge in [0, 0.05) is 18.1 Å². The molecule has 0 bridgehead atoms. The first-order valence-electron chi connectivity index (χ1n) is 10.4. The Bertz CT molecular complexity index is 1270. The van der Waals surface area contributed by atoms with Gasteiger partial charge in [-0.3, -0.25) is 9.52 Å². The lowest BCUT2D eigenvalue weighted by atomic mass is 9.96. The fraction of sp³-hybridized carbons (Fsp3) is 0.208. The third-order valence-corrected chi connectivity index (χ3v) is 7.41. The number of nitrogens with one attached hydrogen (secondary N) is 1. The summed E-state index contributed by atoms with van der Waals surface area (Å²) in [5.41, 5.74) is 0.403. The minimum absolute atomic E-state index is 0.0253. The van der Waals surface area contributed by atoms with Crippen LogP contribution in [0.15, 0.2) is 71.6 Å². The fourth-order valence-corrected chi connectivity index (χ4v) is 4.92. The van der Waals surface area contributed by atoms with Crippen molar-refractivity contribution in [1.29, 1.82) is 0 Å². The van der Waals surface area contributed by atoms with E-state index in [1.165, 1.54) is 36.4 Å². The molecule has 1 saturated heterocycles. The van der Waals surface area contributed by atoms with Crippen LogP contribution in [0.2, 0.25) is 10.0 Å². The van der Waals surface area contributed by atoms with Gasteiger partial charge in [0.1, 0.15) is 11.5 Å². The molecule has 172 valence electrons. The number of likely N-dealkylation sites (tertiary alicyclic amines) is 1. The number of hydrogen-bond acceptors (Lipinski definition) is 4. The standard InChI is InChI=1S/C24H22Cl2N2O4S/c1-2-16-14-28(15-16)24(29)20-13-17(25)7-12-22(20)27-33(30,31)19-10-8-18(9-11-19)32-23-6-4-3-5-21(23)26/h3-13,16,27H,2,14-15H2,1H3. The molecule has 1 aliphatic rings. The Labute approximate surface area is 203 Å². The summed E-state index contributed by atoms with van der Waals surface area (Å²) < 4.78 is 34.2. The minimum atomic E-state index is -3.96. The van der Waals surface area contributed by atoms with Crippen molar-refractivity contribution < 1.29 is 17.9 Å². The minimum Gasteiger partial charge on any atom is -0.456 e. The van der Waals surface area contributed by atoms with E-state index in [9.17, 15) is 13.2 Å². The molecule has 1 amide bonds. The van der Waals surface area contributed by atoms with Crippen LogP contribution in [-0.4, -0.2) is 32.3 Å². The molecule has 0 atom stereocenters. The number of amides is 1. The molecule has 1 fully saturated rings. The third kappa shape index (κ3) is 5.27. The smallest absolute Gasteiger partial charge is 0.261 e. The van der Waals surface area contributed by atoms with Crippen LogP contribution in [0.1, 0.15) is 23.7 Å².